The van der Waals surface area contributed by atoms with E-state index in [0.29, 0.717) is 17.9 Å². The maximum atomic E-state index is 10.6. The molecule has 152 valence electrons. The zero-order valence-corrected chi connectivity index (χ0v) is 17.3. The van der Waals surface area contributed by atoms with E-state index in [9.17, 15) is 5.11 Å². The summed E-state index contributed by atoms with van der Waals surface area (Å²) in [5.41, 5.74) is 10.8. The smallest absolute Gasteiger partial charge is 0.165 e. The minimum Gasteiger partial charge on any atom is -0.507 e. The zero-order chi connectivity index (χ0) is 21.1. The van der Waals surface area contributed by atoms with Crippen LogP contribution in [0, 0.1) is 6.92 Å². The second-order valence-corrected chi connectivity index (χ2v) is 7.56. The van der Waals surface area contributed by atoms with Crippen molar-refractivity contribution < 1.29 is 5.11 Å². The first-order valence-electron chi connectivity index (χ1n) is 10.2. The summed E-state index contributed by atoms with van der Waals surface area (Å²) >= 11 is 0. The Labute approximate surface area is 176 Å². The van der Waals surface area contributed by atoms with Gasteiger partial charge in [-0.1, -0.05) is 55.0 Å². The van der Waals surface area contributed by atoms with Crippen molar-refractivity contribution >= 4 is 16.7 Å². The van der Waals surface area contributed by atoms with Gasteiger partial charge in [-0.3, -0.25) is 0 Å². The second-order valence-electron chi connectivity index (χ2n) is 7.56. The lowest BCUT2D eigenvalue weighted by molar-refractivity contribution is 0.477. The highest BCUT2D eigenvalue weighted by atomic mass is 16.3. The molecule has 4 N–H and O–H groups in total. The molecule has 4 aromatic rings. The first kappa shape index (κ1) is 19.9. The van der Waals surface area contributed by atoms with Crippen LogP contribution >= 0.6 is 0 Å². The van der Waals surface area contributed by atoms with E-state index >= 15 is 0 Å². The normalized spacial score (nSPS) is 12.1. The molecule has 0 amide bonds. The van der Waals surface area contributed by atoms with Crippen LogP contribution in [0.15, 0.2) is 66.7 Å². The minimum atomic E-state index is 0.0421. The predicted octanol–water partition coefficient (Wildman–Crippen LogP) is 5.13. The molecule has 0 fully saturated rings. The van der Waals surface area contributed by atoms with Crippen LogP contribution < -0.4 is 11.1 Å². The number of anilines is 1. The Balaban J connectivity index is 1.80. The number of hydrogen-bond donors (Lipinski definition) is 3. The van der Waals surface area contributed by atoms with Crippen molar-refractivity contribution in [3.05, 3.63) is 72.3 Å². The Hall–Kier alpha value is -3.44. The zero-order valence-electron chi connectivity index (χ0n) is 17.3. The largest absolute Gasteiger partial charge is 0.507 e. The maximum Gasteiger partial charge on any atom is 0.165 e. The van der Waals surface area contributed by atoms with Gasteiger partial charge in [0.1, 0.15) is 11.6 Å². The van der Waals surface area contributed by atoms with Gasteiger partial charge in [0.05, 0.1) is 11.1 Å². The number of para-hydroxylation sites is 1. The van der Waals surface area contributed by atoms with Crippen molar-refractivity contribution in [3.8, 4) is 28.3 Å². The Bertz CT molecular complexity index is 1170. The topological polar surface area (TPSA) is 84.1 Å². The molecule has 0 bridgehead atoms. The minimum absolute atomic E-state index is 0.0421. The van der Waals surface area contributed by atoms with E-state index in [4.69, 9.17) is 15.7 Å². The highest BCUT2D eigenvalue weighted by molar-refractivity contribution is 5.91. The molecule has 0 spiro atoms. The molecule has 0 aliphatic heterocycles. The lowest BCUT2D eigenvalue weighted by Crippen LogP contribution is -2.28. The summed E-state index contributed by atoms with van der Waals surface area (Å²) in [7, 11) is 0. The van der Waals surface area contributed by atoms with Crippen LogP contribution in [-0.4, -0.2) is 27.7 Å². The van der Waals surface area contributed by atoms with Gasteiger partial charge < -0.3 is 16.2 Å². The third-order valence-electron chi connectivity index (χ3n) is 5.28. The average molecular weight is 399 g/mol. The number of benzene rings is 3. The molecule has 1 aromatic heterocycles. The molecule has 1 heterocycles. The Morgan fingerprint density at radius 2 is 1.70 bits per heavy atom. The van der Waals surface area contributed by atoms with Gasteiger partial charge in [-0.15, -0.1) is 0 Å². The van der Waals surface area contributed by atoms with Gasteiger partial charge >= 0.3 is 0 Å². The van der Waals surface area contributed by atoms with E-state index in [0.717, 1.165) is 34.3 Å². The van der Waals surface area contributed by atoms with Crippen molar-refractivity contribution in [1.82, 2.24) is 9.97 Å². The molecular formula is C25H26N4O. The Morgan fingerprint density at radius 3 is 2.47 bits per heavy atom. The van der Waals surface area contributed by atoms with Crippen molar-refractivity contribution in [1.29, 1.82) is 0 Å². The van der Waals surface area contributed by atoms with E-state index in [1.54, 1.807) is 6.07 Å². The lowest BCUT2D eigenvalue weighted by atomic mass is 10.0. The maximum absolute atomic E-state index is 10.6. The summed E-state index contributed by atoms with van der Waals surface area (Å²) in [6.07, 6.45) is 0.877. The van der Waals surface area contributed by atoms with Crippen LogP contribution in [0.1, 0.15) is 18.9 Å². The van der Waals surface area contributed by atoms with Crippen LogP contribution in [0.5, 0.6) is 5.75 Å². The van der Waals surface area contributed by atoms with E-state index in [1.807, 2.05) is 36.4 Å². The number of aromatic nitrogens is 2. The summed E-state index contributed by atoms with van der Waals surface area (Å²) in [4.78, 5) is 9.47. The SMILES string of the molecule is CC[C@H](N)CNc1nc(-c2cc(-c3ccc(C)cc3)ccc2O)nc2ccccc12. The monoisotopic (exact) mass is 398 g/mol. The van der Waals surface area contributed by atoms with Crippen LogP contribution in [0.4, 0.5) is 5.82 Å². The van der Waals surface area contributed by atoms with Crippen molar-refractivity contribution in [2.24, 2.45) is 5.73 Å². The highest BCUT2D eigenvalue weighted by Gasteiger charge is 2.14. The highest BCUT2D eigenvalue weighted by Crippen LogP contribution is 2.34. The van der Waals surface area contributed by atoms with E-state index in [-0.39, 0.29) is 11.8 Å². The number of aromatic hydroxyl groups is 1. The molecule has 0 radical (unpaired) electrons. The number of phenols is 1. The van der Waals surface area contributed by atoms with Crippen molar-refractivity contribution in [2.75, 3.05) is 11.9 Å². The van der Waals surface area contributed by atoms with Crippen LogP contribution in [0.25, 0.3) is 33.4 Å². The number of rotatable bonds is 6. The molecule has 3 aromatic carbocycles. The molecule has 4 rings (SSSR count). The van der Waals surface area contributed by atoms with Crippen LogP contribution in [-0.2, 0) is 0 Å². The number of phenolic OH excluding ortho intramolecular Hbond substituents is 1. The summed E-state index contributed by atoms with van der Waals surface area (Å²) in [5.74, 6) is 1.35. The number of aryl methyl sites for hydroxylation is 1. The molecule has 0 aliphatic rings. The van der Waals surface area contributed by atoms with Gasteiger partial charge in [0.25, 0.3) is 0 Å². The summed E-state index contributed by atoms with van der Waals surface area (Å²) in [6, 6.07) is 21.7. The van der Waals surface area contributed by atoms with Crippen molar-refractivity contribution in [2.45, 2.75) is 26.3 Å². The van der Waals surface area contributed by atoms with Gasteiger partial charge in [-0.05, 0) is 48.7 Å². The van der Waals surface area contributed by atoms with Gasteiger partial charge in [0.15, 0.2) is 5.82 Å². The molecule has 30 heavy (non-hydrogen) atoms. The Kier molecular flexibility index (Phi) is 5.63. The van der Waals surface area contributed by atoms with Crippen molar-refractivity contribution in [3.63, 3.8) is 0 Å². The van der Waals surface area contributed by atoms with Gasteiger partial charge in [0.2, 0.25) is 0 Å². The number of hydrogen-bond acceptors (Lipinski definition) is 5. The molecular weight excluding hydrogens is 372 g/mol. The lowest BCUT2D eigenvalue weighted by Gasteiger charge is -2.14. The quantitative estimate of drug-likeness (QED) is 0.419. The third-order valence-corrected chi connectivity index (χ3v) is 5.28. The fraction of sp³-hybridized carbons (Fsp3) is 0.200. The molecule has 0 aliphatic carbocycles. The van der Waals surface area contributed by atoms with Gasteiger partial charge in [-0.2, -0.15) is 0 Å². The molecule has 5 heteroatoms. The first-order valence-corrected chi connectivity index (χ1v) is 10.2. The predicted molar refractivity (Wildman–Crippen MR) is 124 cm³/mol. The van der Waals surface area contributed by atoms with E-state index in [1.165, 1.54) is 5.56 Å². The van der Waals surface area contributed by atoms with E-state index in [2.05, 4.69) is 43.4 Å². The number of nitrogens with one attached hydrogen (secondary N) is 1. The fourth-order valence-electron chi connectivity index (χ4n) is 3.34. The third kappa shape index (κ3) is 4.11. The summed E-state index contributed by atoms with van der Waals surface area (Å²) < 4.78 is 0. The fourth-order valence-corrected chi connectivity index (χ4v) is 3.34. The first-order chi connectivity index (χ1) is 14.5. The number of nitrogens with zero attached hydrogens (tertiary/aromatic N) is 2. The molecule has 0 saturated heterocycles. The van der Waals surface area contributed by atoms with E-state index < -0.39 is 0 Å². The van der Waals surface area contributed by atoms with Gasteiger partial charge in [-0.25, -0.2) is 9.97 Å². The number of fused-ring (bicyclic) bond motifs is 1. The molecule has 1 atom stereocenters. The summed E-state index contributed by atoms with van der Waals surface area (Å²) in [5, 5.41) is 14.9. The second kappa shape index (κ2) is 8.51. The molecule has 0 saturated carbocycles. The summed E-state index contributed by atoms with van der Waals surface area (Å²) in [6.45, 7) is 4.74. The van der Waals surface area contributed by atoms with Gasteiger partial charge in [0, 0.05) is 18.0 Å². The van der Waals surface area contributed by atoms with Crippen LogP contribution in [0.3, 0.4) is 0 Å². The molecule has 5 nitrogen and oxygen atoms in total. The Morgan fingerprint density at radius 1 is 0.967 bits per heavy atom. The average Bonchev–Trinajstić information content (AvgIpc) is 2.78. The number of nitrogens with two attached hydrogens (primary N) is 1. The molecule has 0 unspecified atom stereocenters. The standard InChI is InChI=1S/C25H26N4O/c1-3-19(26)15-27-24-20-6-4-5-7-22(20)28-25(29-24)21-14-18(12-13-23(21)30)17-10-8-16(2)9-11-17/h4-14,19,30H,3,15,26H2,1-2H3,(H,27,28,29)/t19-/m0/s1. The van der Waals surface area contributed by atoms with Crippen LogP contribution in [0.2, 0.25) is 0 Å².